The number of ether oxygens (including phenoxy) is 2. The van der Waals surface area contributed by atoms with Crippen LogP contribution >= 0.6 is 12.4 Å². The van der Waals surface area contributed by atoms with E-state index in [1.54, 1.807) is 18.9 Å². The predicted octanol–water partition coefficient (Wildman–Crippen LogP) is 1.48. The lowest BCUT2D eigenvalue weighted by atomic mass is 9.90. The minimum atomic E-state index is -0.110. The Hall–Kier alpha value is -2.25. The van der Waals surface area contributed by atoms with Crippen molar-refractivity contribution >= 4 is 18.3 Å². The number of halogens is 1. The lowest BCUT2D eigenvalue weighted by molar-refractivity contribution is -0.125. The number of nitrogens with one attached hydrogen (secondary N) is 2. The molecule has 1 aromatic carbocycles. The largest absolute Gasteiger partial charge is 0.497 e. The van der Waals surface area contributed by atoms with Crippen LogP contribution < -0.4 is 20.1 Å². The zero-order chi connectivity index (χ0) is 17.8. The van der Waals surface area contributed by atoms with Crippen LogP contribution in [0.5, 0.6) is 11.5 Å². The number of hydrogen-bond donors (Lipinski definition) is 2. The predicted molar refractivity (Wildman–Crippen MR) is 101 cm³/mol. The SMILES string of the molecule is COc1ccc(OC)c(CNC(=O)[C@H]2CNC[C@@H]2c2cnn(C)c2)c1.Cl. The van der Waals surface area contributed by atoms with Crippen LogP contribution in [0.1, 0.15) is 17.0 Å². The molecule has 1 aliphatic heterocycles. The summed E-state index contributed by atoms with van der Waals surface area (Å²) < 4.78 is 12.4. The van der Waals surface area contributed by atoms with Crippen molar-refractivity contribution in [3.05, 3.63) is 41.7 Å². The van der Waals surface area contributed by atoms with Gasteiger partial charge in [-0.25, -0.2) is 0 Å². The first kappa shape index (κ1) is 20.1. The van der Waals surface area contributed by atoms with Crippen LogP contribution in [0.25, 0.3) is 0 Å². The number of methoxy groups -OCH3 is 2. The summed E-state index contributed by atoms with van der Waals surface area (Å²) in [5, 5.41) is 10.6. The quantitative estimate of drug-likeness (QED) is 0.793. The summed E-state index contributed by atoms with van der Waals surface area (Å²) in [5.74, 6) is 1.53. The summed E-state index contributed by atoms with van der Waals surface area (Å²) >= 11 is 0. The van der Waals surface area contributed by atoms with Gasteiger partial charge in [-0.15, -0.1) is 12.4 Å². The number of carbonyl (C=O) groups is 1. The molecule has 2 heterocycles. The van der Waals surface area contributed by atoms with Crippen LogP contribution in [-0.4, -0.2) is 43.0 Å². The van der Waals surface area contributed by atoms with Gasteiger partial charge < -0.3 is 20.1 Å². The second-order valence-electron chi connectivity index (χ2n) is 6.21. The van der Waals surface area contributed by atoms with E-state index in [9.17, 15) is 4.79 Å². The van der Waals surface area contributed by atoms with Crippen molar-refractivity contribution in [2.45, 2.75) is 12.5 Å². The molecule has 8 heteroatoms. The average Bonchev–Trinajstić information content (AvgIpc) is 3.28. The van der Waals surface area contributed by atoms with E-state index in [1.165, 1.54) is 0 Å². The second-order valence-corrected chi connectivity index (χ2v) is 6.21. The Labute approximate surface area is 159 Å². The molecule has 26 heavy (non-hydrogen) atoms. The minimum absolute atomic E-state index is 0. The Morgan fingerprint density at radius 1 is 1.35 bits per heavy atom. The van der Waals surface area contributed by atoms with E-state index in [-0.39, 0.29) is 30.2 Å². The van der Waals surface area contributed by atoms with Crippen LogP contribution in [0.15, 0.2) is 30.6 Å². The van der Waals surface area contributed by atoms with Crippen molar-refractivity contribution in [1.29, 1.82) is 0 Å². The van der Waals surface area contributed by atoms with Crippen molar-refractivity contribution in [2.24, 2.45) is 13.0 Å². The molecule has 1 fully saturated rings. The number of rotatable bonds is 6. The highest BCUT2D eigenvalue weighted by molar-refractivity contribution is 5.85. The lowest BCUT2D eigenvalue weighted by Crippen LogP contribution is -2.34. The van der Waals surface area contributed by atoms with E-state index < -0.39 is 0 Å². The topological polar surface area (TPSA) is 77.4 Å². The molecule has 2 atom stereocenters. The van der Waals surface area contributed by atoms with Gasteiger partial charge in [0.2, 0.25) is 5.91 Å². The monoisotopic (exact) mass is 380 g/mol. The smallest absolute Gasteiger partial charge is 0.225 e. The molecule has 0 bridgehead atoms. The third-order valence-electron chi connectivity index (χ3n) is 4.64. The van der Waals surface area contributed by atoms with Crippen LogP contribution in [-0.2, 0) is 18.4 Å². The third-order valence-corrected chi connectivity index (χ3v) is 4.64. The van der Waals surface area contributed by atoms with Gasteiger partial charge >= 0.3 is 0 Å². The second kappa shape index (κ2) is 8.91. The maximum Gasteiger partial charge on any atom is 0.225 e. The number of aromatic nitrogens is 2. The van der Waals surface area contributed by atoms with Gasteiger partial charge in [0.15, 0.2) is 0 Å². The molecule has 7 nitrogen and oxygen atoms in total. The van der Waals surface area contributed by atoms with Crippen molar-refractivity contribution in [3.63, 3.8) is 0 Å². The molecule has 3 rings (SSSR count). The summed E-state index contributed by atoms with van der Waals surface area (Å²) in [4.78, 5) is 12.7. The van der Waals surface area contributed by atoms with E-state index in [1.807, 2.05) is 37.6 Å². The molecule has 1 aliphatic rings. The summed E-state index contributed by atoms with van der Waals surface area (Å²) in [7, 11) is 5.12. The average molecular weight is 381 g/mol. The van der Waals surface area contributed by atoms with Crippen LogP contribution in [0, 0.1) is 5.92 Å². The van der Waals surface area contributed by atoms with Crippen LogP contribution in [0.2, 0.25) is 0 Å². The molecular formula is C18H25ClN4O3. The number of carbonyl (C=O) groups excluding carboxylic acids is 1. The molecule has 0 radical (unpaired) electrons. The minimum Gasteiger partial charge on any atom is -0.497 e. The Morgan fingerprint density at radius 2 is 2.15 bits per heavy atom. The van der Waals surface area contributed by atoms with E-state index in [0.717, 1.165) is 29.2 Å². The van der Waals surface area contributed by atoms with Gasteiger partial charge in [0.25, 0.3) is 0 Å². The molecule has 1 aromatic heterocycles. The Morgan fingerprint density at radius 3 is 2.81 bits per heavy atom. The highest BCUT2D eigenvalue weighted by Gasteiger charge is 2.34. The molecule has 2 N–H and O–H groups in total. The number of hydrogen-bond acceptors (Lipinski definition) is 5. The Balaban J connectivity index is 0.00000243. The summed E-state index contributed by atoms with van der Waals surface area (Å²) in [6, 6.07) is 5.56. The zero-order valence-electron chi connectivity index (χ0n) is 15.2. The van der Waals surface area contributed by atoms with E-state index in [0.29, 0.717) is 13.1 Å². The highest BCUT2D eigenvalue weighted by Crippen LogP contribution is 2.28. The first-order valence-electron chi connectivity index (χ1n) is 8.30. The van der Waals surface area contributed by atoms with Crippen molar-refractivity contribution in [2.75, 3.05) is 27.3 Å². The maximum absolute atomic E-state index is 12.7. The number of nitrogens with zero attached hydrogens (tertiary/aromatic N) is 2. The first-order valence-corrected chi connectivity index (χ1v) is 8.30. The number of amides is 1. The molecule has 142 valence electrons. The van der Waals surface area contributed by atoms with Crippen LogP contribution in [0.4, 0.5) is 0 Å². The van der Waals surface area contributed by atoms with Gasteiger partial charge in [-0.3, -0.25) is 9.48 Å². The Kier molecular flexibility index (Phi) is 6.88. The molecule has 0 unspecified atom stereocenters. The van der Waals surface area contributed by atoms with Crippen LogP contribution in [0.3, 0.4) is 0 Å². The van der Waals surface area contributed by atoms with Gasteiger partial charge in [0.1, 0.15) is 11.5 Å². The van der Waals surface area contributed by atoms with E-state index in [2.05, 4.69) is 15.7 Å². The van der Waals surface area contributed by atoms with Gasteiger partial charge in [-0.1, -0.05) is 0 Å². The molecule has 0 spiro atoms. The van der Waals surface area contributed by atoms with Gasteiger partial charge in [-0.2, -0.15) is 5.10 Å². The van der Waals surface area contributed by atoms with Crippen molar-refractivity contribution in [1.82, 2.24) is 20.4 Å². The normalized spacial score (nSPS) is 18.9. The summed E-state index contributed by atoms with van der Waals surface area (Å²) in [6.07, 6.45) is 3.81. The van der Waals surface area contributed by atoms with Crippen molar-refractivity contribution in [3.8, 4) is 11.5 Å². The standard InChI is InChI=1S/C18H24N4O3.ClH/c1-22-11-13(8-21-22)15-9-19-10-16(15)18(23)20-7-12-6-14(24-2)4-5-17(12)25-3;/h4-6,8,11,15-16,19H,7,9-10H2,1-3H3,(H,20,23);1H/t15-,16+;/m1./s1. The fraction of sp³-hybridized carbons (Fsp3) is 0.444. The number of aryl methyl sites for hydroxylation is 1. The molecule has 2 aromatic rings. The molecule has 1 saturated heterocycles. The lowest BCUT2D eigenvalue weighted by Gasteiger charge is -2.18. The first-order chi connectivity index (χ1) is 12.1. The molecule has 0 saturated carbocycles. The zero-order valence-corrected chi connectivity index (χ0v) is 16.0. The number of benzene rings is 1. The summed E-state index contributed by atoms with van der Waals surface area (Å²) in [5.41, 5.74) is 1.98. The maximum atomic E-state index is 12.7. The highest BCUT2D eigenvalue weighted by atomic mass is 35.5. The van der Waals surface area contributed by atoms with Gasteiger partial charge in [0, 0.05) is 44.4 Å². The third kappa shape index (κ3) is 4.28. The Bertz CT molecular complexity index is 750. The van der Waals surface area contributed by atoms with Gasteiger partial charge in [-0.05, 0) is 23.8 Å². The molecular weight excluding hydrogens is 356 g/mol. The fourth-order valence-electron chi connectivity index (χ4n) is 3.27. The summed E-state index contributed by atoms with van der Waals surface area (Å²) in [6.45, 7) is 1.85. The van der Waals surface area contributed by atoms with Gasteiger partial charge in [0.05, 0.1) is 26.3 Å². The fourth-order valence-corrected chi connectivity index (χ4v) is 3.27. The molecule has 1 amide bonds. The van der Waals surface area contributed by atoms with Crippen molar-refractivity contribution < 1.29 is 14.3 Å². The van der Waals surface area contributed by atoms with E-state index in [4.69, 9.17) is 9.47 Å². The molecule has 0 aliphatic carbocycles. The van der Waals surface area contributed by atoms with E-state index >= 15 is 0 Å².